The van der Waals surface area contributed by atoms with Gasteiger partial charge in [-0.3, -0.25) is 33.9 Å². The maximum Gasteiger partial charge on any atom is 0.321 e. The highest BCUT2D eigenvalue weighted by atomic mass is 16.3. The molecule has 0 aliphatic carbocycles. The first-order chi connectivity index (χ1) is 28.9. The molecule has 0 spiro atoms. The zero-order valence-corrected chi connectivity index (χ0v) is 33.9. The van der Waals surface area contributed by atoms with Crippen LogP contribution in [0.3, 0.4) is 0 Å². The van der Waals surface area contributed by atoms with E-state index in [4.69, 9.17) is 0 Å². The number of likely N-dealkylation sites (tertiary alicyclic amines) is 1. The Morgan fingerprint density at radius 3 is 2.38 bits per heavy atom. The summed E-state index contributed by atoms with van der Waals surface area (Å²) >= 11 is 0. The lowest BCUT2D eigenvalue weighted by Gasteiger charge is -2.32. The summed E-state index contributed by atoms with van der Waals surface area (Å²) in [6.07, 6.45) is 4.33. The largest absolute Gasteiger partial charge is 0.507 e. The number of nitrogens with zero attached hydrogens (tertiary/aromatic N) is 6. The predicted octanol–water partition coefficient (Wildman–Crippen LogP) is 4.21. The van der Waals surface area contributed by atoms with Crippen LogP contribution in [0.25, 0.3) is 17.1 Å². The second kappa shape index (κ2) is 17.6. The van der Waals surface area contributed by atoms with Crippen LogP contribution >= 0.6 is 0 Å². The molecule has 3 aliphatic heterocycles. The molecule has 2 saturated heterocycles. The van der Waals surface area contributed by atoms with Gasteiger partial charge in [-0.2, -0.15) is 0 Å². The lowest BCUT2D eigenvalue weighted by atomic mass is 9.90. The van der Waals surface area contributed by atoms with Crippen LogP contribution < -0.4 is 16.0 Å². The standard InChI is InChI=1S/C43H49N9O8/c1-4-6-18-49(3)41(58)30-22-29(34(53)23-35(30)54)37-47-48-38(40(57)44-5-2)52(37)27-12-10-25(11-13-27)21-26-16-19-50(20-17-26)43(60)45-32-9-7-8-28-31(32)24-51(42(28)59)33-14-15-36(55)46-39(33)56/h7-13,22-23,26,33,53-54H,4-6,14-21,24H2,1-3H3,(H,44,57)(H,45,60)(H,46,55,56). The number of aromatic hydroxyl groups is 2. The van der Waals surface area contributed by atoms with E-state index < -0.39 is 23.8 Å². The lowest BCUT2D eigenvalue weighted by Crippen LogP contribution is -2.52. The molecule has 4 aromatic rings. The number of fused-ring (bicyclic) bond motifs is 1. The van der Waals surface area contributed by atoms with Gasteiger partial charge in [-0.05, 0) is 80.8 Å². The van der Waals surface area contributed by atoms with Gasteiger partial charge in [-0.15, -0.1) is 10.2 Å². The number of phenolic OH excluding ortho intramolecular Hbond substituents is 2. The van der Waals surface area contributed by atoms with Crippen molar-refractivity contribution in [1.29, 1.82) is 0 Å². The van der Waals surface area contributed by atoms with Gasteiger partial charge in [0.2, 0.25) is 17.6 Å². The number of carbonyl (C=O) groups excluding carboxylic acids is 6. The number of piperidine rings is 2. The fourth-order valence-corrected chi connectivity index (χ4v) is 8.07. The molecule has 0 saturated carbocycles. The summed E-state index contributed by atoms with van der Waals surface area (Å²) in [5, 5.41) is 38.1. The van der Waals surface area contributed by atoms with Crippen LogP contribution in [0.15, 0.2) is 54.6 Å². The van der Waals surface area contributed by atoms with Crippen LogP contribution in [0.4, 0.5) is 10.5 Å². The van der Waals surface area contributed by atoms with E-state index >= 15 is 0 Å². The molecule has 1 unspecified atom stereocenters. The zero-order chi connectivity index (χ0) is 42.7. The number of phenols is 2. The minimum Gasteiger partial charge on any atom is -0.507 e. The van der Waals surface area contributed by atoms with Gasteiger partial charge in [-0.25, -0.2) is 4.79 Å². The van der Waals surface area contributed by atoms with Gasteiger partial charge in [0.15, 0.2) is 5.82 Å². The third-order valence-corrected chi connectivity index (χ3v) is 11.4. The quantitative estimate of drug-likeness (QED) is 0.128. The van der Waals surface area contributed by atoms with E-state index in [1.54, 1.807) is 37.1 Å². The van der Waals surface area contributed by atoms with Crippen molar-refractivity contribution in [2.45, 2.75) is 71.4 Å². The van der Waals surface area contributed by atoms with Crippen molar-refractivity contribution in [1.82, 2.24) is 40.1 Å². The molecule has 1 atom stereocenters. The van der Waals surface area contributed by atoms with Crippen LogP contribution in [0.5, 0.6) is 11.5 Å². The molecule has 5 N–H and O–H groups in total. The number of unbranched alkanes of at least 4 members (excludes halogenated alkanes) is 1. The highest BCUT2D eigenvalue weighted by molar-refractivity contribution is 6.07. The van der Waals surface area contributed by atoms with Crippen molar-refractivity contribution in [2.24, 2.45) is 5.92 Å². The Hall–Kier alpha value is -6.78. The number of amides is 7. The number of urea groups is 1. The second-order valence-electron chi connectivity index (χ2n) is 15.5. The first-order valence-electron chi connectivity index (χ1n) is 20.4. The third kappa shape index (κ3) is 8.37. The van der Waals surface area contributed by atoms with Crippen molar-refractivity contribution >= 4 is 41.3 Å². The van der Waals surface area contributed by atoms with E-state index in [-0.39, 0.29) is 77.4 Å². The number of rotatable bonds is 12. The molecular formula is C43H49N9O8. The number of hydrogen-bond donors (Lipinski definition) is 5. The zero-order valence-electron chi connectivity index (χ0n) is 33.9. The van der Waals surface area contributed by atoms with Gasteiger partial charge < -0.3 is 35.5 Å². The number of hydrogen-bond acceptors (Lipinski definition) is 10. The van der Waals surface area contributed by atoms with E-state index in [0.717, 1.165) is 43.7 Å². The number of benzene rings is 3. The normalized spacial score (nSPS) is 16.7. The van der Waals surface area contributed by atoms with E-state index in [9.17, 15) is 39.0 Å². The average molecular weight is 820 g/mol. The Morgan fingerprint density at radius 2 is 1.68 bits per heavy atom. The number of imide groups is 1. The minimum atomic E-state index is -0.749. The van der Waals surface area contributed by atoms with Gasteiger partial charge >= 0.3 is 6.03 Å². The first-order valence-corrected chi connectivity index (χ1v) is 20.4. The molecule has 314 valence electrons. The minimum absolute atomic E-state index is 0.0205. The summed E-state index contributed by atoms with van der Waals surface area (Å²) in [5.41, 5.74) is 3.25. The van der Waals surface area contributed by atoms with Gasteiger partial charge in [0.05, 0.1) is 11.1 Å². The van der Waals surface area contributed by atoms with Crippen molar-refractivity contribution in [3.05, 3.63) is 82.7 Å². The molecule has 60 heavy (non-hydrogen) atoms. The lowest BCUT2D eigenvalue weighted by molar-refractivity contribution is -0.136. The SMILES string of the molecule is CCCCN(C)C(=O)c1cc(-c2nnc(C(=O)NCC)n2-c2ccc(CC3CCN(C(=O)Nc4cccc5c4CN(C4CCC(=O)NC4=O)C5=O)CC3)cc2)c(O)cc1O. The smallest absolute Gasteiger partial charge is 0.321 e. The number of carbonyl (C=O) groups is 6. The van der Waals surface area contributed by atoms with Crippen LogP contribution in [0, 0.1) is 5.92 Å². The Balaban J connectivity index is 1.02. The Kier molecular flexibility index (Phi) is 12.1. The number of anilines is 1. The topological polar surface area (TPSA) is 219 Å². The van der Waals surface area contributed by atoms with Crippen LogP contribution in [-0.2, 0) is 22.6 Å². The first kappa shape index (κ1) is 41.4. The molecule has 7 rings (SSSR count). The highest BCUT2D eigenvalue weighted by Gasteiger charge is 2.40. The molecule has 2 fully saturated rings. The highest BCUT2D eigenvalue weighted by Crippen LogP contribution is 2.37. The van der Waals surface area contributed by atoms with Gasteiger partial charge in [0.1, 0.15) is 17.5 Å². The summed E-state index contributed by atoms with van der Waals surface area (Å²) in [4.78, 5) is 82.1. The average Bonchev–Trinajstić information content (AvgIpc) is 3.82. The summed E-state index contributed by atoms with van der Waals surface area (Å²) in [5.74, 6) is -2.41. The Bertz CT molecular complexity index is 2330. The number of nitrogens with one attached hydrogen (secondary N) is 3. The Labute approximate surface area is 346 Å². The maximum atomic E-state index is 13.5. The number of aromatic nitrogens is 3. The molecule has 17 nitrogen and oxygen atoms in total. The summed E-state index contributed by atoms with van der Waals surface area (Å²) in [6.45, 7) is 5.83. The summed E-state index contributed by atoms with van der Waals surface area (Å²) in [7, 11) is 1.64. The van der Waals surface area contributed by atoms with E-state index in [0.29, 0.717) is 48.7 Å². The molecular weight excluding hydrogens is 771 g/mol. The van der Waals surface area contributed by atoms with Crippen LogP contribution in [0.1, 0.15) is 94.8 Å². The third-order valence-electron chi connectivity index (χ3n) is 11.4. The molecule has 0 radical (unpaired) electrons. The van der Waals surface area contributed by atoms with E-state index in [1.807, 2.05) is 31.2 Å². The maximum absolute atomic E-state index is 13.5. The van der Waals surface area contributed by atoms with Crippen molar-refractivity contribution in [2.75, 3.05) is 38.5 Å². The molecule has 7 amide bonds. The molecule has 3 aliphatic rings. The van der Waals surface area contributed by atoms with Crippen LogP contribution in [0.2, 0.25) is 0 Å². The fourth-order valence-electron chi connectivity index (χ4n) is 8.07. The predicted molar refractivity (Wildman–Crippen MR) is 220 cm³/mol. The fraction of sp³-hybridized carbons (Fsp3) is 0.395. The monoisotopic (exact) mass is 819 g/mol. The molecule has 0 bridgehead atoms. The van der Waals surface area contributed by atoms with Gasteiger partial charge in [0.25, 0.3) is 17.7 Å². The molecule has 1 aromatic heterocycles. The van der Waals surface area contributed by atoms with Crippen molar-refractivity contribution < 1.29 is 39.0 Å². The van der Waals surface area contributed by atoms with E-state index in [2.05, 4.69) is 26.1 Å². The van der Waals surface area contributed by atoms with Crippen LogP contribution in [-0.4, -0.2) is 115 Å². The van der Waals surface area contributed by atoms with Gasteiger partial charge in [-0.1, -0.05) is 31.5 Å². The molecule has 4 heterocycles. The summed E-state index contributed by atoms with van der Waals surface area (Å²) < 4.78 is 1.51. The molecule has 17 heteroatoms. The summed E-state index contributed by atoms with van der Waals surface area (Å²) in [6, 6.07) is 14.1. The molecule has 3 aromatic carbocycles. The van der Waals surface area contributed by atoms with Crippen molar-refractivity contribution in [3.63, 3.8) is 0 Å². The van der Waals surface area contributed by atoms with Gasteiger partial charge in [0, 0.05) is 74.8 Å². The Morgan fingerprint density at radius 1 is 0.933 bits per heavy atom. The second-order valence-corrected chi connectivity index (χ2v) is 15.5. The van der Waals surface area contributed by atoms with E-state index in [1.165, 1.54) is 20.4 Å². The van der Waals surface area contributed by atoms with Crippen molar-refractivity contribution in [3.8, 4) is 28.6 Å².